The molecule has 29 heavy (non-hydrogen) atoms. The normalized spacial score (nSPS) is 18.0. The minimum atomic E-state index is -3.92. The Kier molecular flexibility index (Phi) is 5.82. The summed E-state index contributed by atoms with van der Waals surface area (Å²) in [5.74, 6) is -0.267. The third-order valence-corrected chi connectivity index (χ3v) is 7.75. The largest absolute Gasteiger partial charge is 0.355 e. The minimum Gasteiger partial charge on any atom is -0.355 e. The number of carbonyl (C=O) groups excluding carboxylic acids is 1. The van der Waals surface area contributed by atoms with Gasteiger partial charge in [0, 0.05) is 18.1 Å². The van der Waals surface area contributed by atoms with E-state index in [1.807, 2.05) is 18.2 Å². The number of hydrogen-bond donors (Lipinski definition) is 1. The van der Waals surface area contributed by atoms with Crippen LogP contribution in [0.15, 0.2) is 47.4 Å². The van der Waals surface area contributed by atoms with Gasteiger partial charge in [0.05, 0.1) is 9.60 Å². The third-order valence-electron chi connectivity index (χ3n) is 4.92. The number of aromatic nitrogens is 2. The van der Waals surface area contributed by atoms with Crippen molar-refractivity contribution < 1.29 is 13.2 Å². The van der Waals surface area contributed by atoms with E-state index in [2.05, 4.69) is 14.9 Å². The average Bonchev–Trinajstić information content (AvgIpc) is 3.07. The van der Waals surface area contributed by atoms with Crippen molar-refractivity contribution in [3.63, 3.8) is 0 Å². The van der Waals surface area contributed by atoms with Crippen LogP contribution >= 0.6 is 23.1 Å². The highest BCUT2D eigenvalue weighted by Gasteiger charge is 2.36. The SMILES string of the molecule is O=C1NCCCC[C@H]1N(Cc1ccc2snnc2c1)S(=O)(=O)c1ccc(Cl)cc1. The van der Waals surface area contributed by atoms with E-state index in [9.17, 15) is 13.2 Å². The van der Waals surface area contributed by atoms with Crippen LogP contribution in [0.5, 0.6) is 0 Å². The monoisotopic (exact) mass is 450 g/mol. The molecule has 2 heterocycles. The van der Waals surface area contributed by atoms with Crippen molar-refractivity contribution in [2.75, 3.05) is 6.54 Å². The Balaban J connectivity index is 1.75. The van der Waals surface area contributed by atoms with Crippen LogP contribution in [-0.4, -0.2) is 40.8 Å². The maximum absolute atomic E-state index is 13.5. The van der Waals surface area contributed by atoms with Crippen LogP contribution in [0.1, 0.15) is 24.8 Å². The summed E-state index contributed by atoms with van der Waals surface area (Å²) in [7, 11) is -3.92. The van der Waals surface area contributed by atoms with Crippen LogP contribution < -0.4 is 5.32 Å². The topological polar surface area (TPSA) is 92.3 Å². The zero-order valence-electron chi connectivity index (χ0n) is 15.4. The first-order chi connectivity index (χ1) is 13.9. The molecule has 1 N–H and O–H groups in total. The summed E-state index contributed by atoms with van der Waals surface area (Å²) in [6.45, 7) is 0.622. The zero-order valence-corrected chi connectivity index (χ0v) is 17.8. The number of rotatable bonds is 5. The molecule has 3 aromatic rings. The highest BCUT2D eigenvalue weighted by atomic mass is 35.5. The number of amides is 1. The molecule has 7 nitrogen and oxygen atoms in total. The molecule has 0 unspecified atom stereocenters. The Labute approximate surface area is 177 Å². The fourth-order valence-corrected chi connectivity index (χ4v) is 5.68. The quantitative estimate of drug-likeness (QED) is 0.644. The number of sulfonamides is 1. The van der Waals surface area contributed by atoms with Crippen molar-refractivity contribution in [1.29, 1.82) is 0 Å². The van der Waals surface area contributed by atoms with Crippen LogP contribution in [0.3, 0.4) is 0 Å². The van der Waals surface area contributed by atoms with Crippen LogP contribution in [0.4, 0.5) is 0 Å². The Bertz CT molecular complexity index is 1130. The lowest BCUT2D eigenvalue weighted by atomic mass is 10.1. The van der Waals surface area contributed by atoms with E-state index in [1.165, 1.54) is 40.1 Å². The lowest BCUT2D eigenvalue weighted by molar-refractivity contribution is -0.124. The molecule has 0 saturated carbocycles. The molecule has 152 valence electrons. The van der Waals surface area contributed by atoms with E-state index in [0.29, 0.717) is 23.5 Å². The molecular weight excluding hydrogens is 432 g/mol. The number of hydrogen-bond acceptors (Lipinski definition) is 6. The summed E-state index contributed by atoms with van der Waals surface area (Å²) in [6.07, 6.45) is 2.07. The van der Waals surface area contributed by atoms with E-state index in [4.69, 9.17) is 11.6 Å². The second-order valence-electron chi connectivity index (χ2n) is 6.88. The first-order valence-electron chi connectivity index (χ1n) is 9.21. The van der Waals surface area contributed by atoms with Crippen LogP contribution in [-0.2, 0) is 21.4 Å². The molecular formula is C19H19ClN4O3S2. The van der Waals surface area contributed by atoms with Gasteiger partial charge < -0.3 is 5.32 Å². The lowest BCUT2D eigenvalue weighted by Crippen LogP contribution is -2.48. The van der Waals surface area contributed by atoms with Gasteiger partial charge in [-0.15, -0.1) is 5.10 Å². The first-order valence-corrected chi connectivity index (χ1v) is 11.8. The van der Waals surface area contributed by atoms with Gasteiger partial charge in [0.1, 0.15) is 11.6 Å². The molecule has 1 saturated heterocycles. The second kappa shape index (κ2) is 8.35. The lowest BCUT2D eigenvalue weighted by Gasteiger charge is -2.29. The summed E-state index contributed by atoms with van der Waals surface area (Å²) < 4.78 is 33.1. The molecule has 2 aromatic carbocycles. The minimum absolute atomic E-state index is 0.0660. The average molecular weight is 451 g/mol. The molecule has 10 heteroatoms. The molecule has 1 aromatic heterocycles. The first kappa shape index (κ1) is 20.2. The summed E-state index contributed by atoms with van der Waals surface area (Å²) in [4.78, 5) is 12.8. The number of benzene rings is 2. The van der Waals surface area contributed by atoms with E-state index in [1.54, 1.807) is 0 Å². The van der Waals surface area contributed by atoms with Gasteiger partial charge in [-0.2, -0.15) is 4.31 Å². The predicted octanol–water partition coefficient (Wildman–Crippen LogP) is 3.20. The van der Waals surface area contributed by atoms with Crippen molar-refractivity contribution in [3.8, 4) is 0 Å². The van der Waals surface area contributed by atoms with Gasteiger partial charge in [0.2, 0.25) is 15.9 Å². The molecule has 1 amide bonds. The fourth-order valence-electron chi connectivity index (χ4n) is 3.41. The molecule has 0 aliphatic carbocycles. The predicted molar refractivity (Wildman–Crippen MR) is 112 cm³/mol. The standard InChI is InChI=1S/C19H19ClN4O3S2/c20-14-5-7-15(8-6-14)29(26,27)24(17-3-1-2-10-21-19(17)25)12-13-4-9-18-16(11-13)22-23-28-18/h4-9,11,17H,1-3,10,12H2,(H,21,25)/t17-/m1/s1. The molecule has 0 bridgehead atoms. The van der Waals surface area contributed by atoms with Gasteiger partial charge in [-0.05, 0) is 72.8 Å². The Hall–Kier alpha value is -2.07. The summed E-state index contributed by atoms with van der Waals surface area (Å²) in [5, 5.41) is 7.35. The maximum atomic E-state index is 13.5. The Morgan fingerprint density at radius 1 is 1.17 bits per heavy atom. The van der Waals surface area contributed by atoms with E-state index >= 15 is 0 Å². The van der Waals surface area contributed by atoms with Crippen molar-refractivity contribution in [1.82, 2.24) is 19.2 Å². The molecule has 1 aliphatic rings. The Morgan fingerprint density at radius 3 is 2.76 bits per heavy atom. The van der Waals surface area contributed by atoms with Crippen LogP contribution in [0, 0.1) is 0 Å². The smallest absolute Gasteiger partial charge is 0.244 e. The molecule has 1 aliphatic heterocycles. The van der Waals surface area contributed by atoms with E-state index in [0.717, 1.165) is 23.1 Å². The van der Waals surface area contributed by atoms with Crippen molar-refractivity contribution in [2.24, 2.45) is 0 Å². The second-order valence-corrected chi connectivity index (χ2v) is 9.99. The summed E-state index contributed by atoms with van der Waals surface area (Å²) >= 11 is 7.21. The highest BCUT2D eigenvalue weighted by molar-refractivity contribution is 7.89. The van der Waals surface area contributed by atoms with Crippen LogP contribution in [0.25, 0.3) is 10.2 Å². The molecule has 1 atom stereocenters. The molecule has 0 radical (unpaired) electrons. The molecule has 4 rings (SSSR count). The van der Waals surface area contributed by atoms with Crippen molar-refractivity contribution >= 4 is 49.3 Å². The molecule has 0 spiro atoms. The summed E-state index contributed by atoms with van der Waals surface area (Å²) in [6, 6.07) is 10.8. The van der Waals surface area contributed by atoms with Gasteiger partial charge in [0.15, 0.2) is 0 Å². The number of nitrogens with zero attached hydrogens (tertiary/aromatic N) is 3. The van der Waals surface area contributed by atoms with E-state index < -0.39 is 16.1 Å². The maximum Gasteiger partial charge on any atom is 0.244 e. The van der Waals surface area contributed by atoms with Crippen molar-refractivity contribution in [3.05, 3.63) is 53.1 Å². The highest BCUT2D eigenvalue weighted by Crippen LogP contribution is 2.27. The number of fused-ring (bicyclic) bond motifs is 1. The third kappa shape index (κ3) is 4.28. The zero-order chi connectivity index (χ0) is 20.4. The Morgan fingerprint density at radius 2 is 1.97 bits per heavy atom. The van der Waals surface area contributed by atoms with E-state index in [-0.39, 0.29) is 17.3 Å². The number of nitrogens with one attached hydrogen (secondary N) is 1. The molecule has 1 fully saturated rings. The van der Waals surface area contributed by atoms with Gasteiger partial charge in [-0.3, -0.25) is 4.79 Å². The van der Waals surface area contributed by atoms with Gasteiger partial charge >= 0.3 is 0 Å². The van der Waals surface area contributed by atoms with Gasteiger partial charge in [0.25, 0.3) is 0 Å². The summed E-state index contributed by atoms with van der Waals surface area (Å²) in [5.41, 5.74) is 1.46. The fraction of sp³-hybridized carbons (Fsp3) is 0.316. The van der Waals surface area contributed by atoms with Gasteiger partial charge in [-0.1, -0.05) is 22.2 Å². The van der Waals surface area contributed by atoms with Crippen molar-refractivity contribution in [2.45, 2.75) is 36.7 Å². The van der Waals surface area contributed by atoms with Gasteiger partial charge in [-0.25, -0.2) is 8.42 Å². The number of carbonyl (C=O) groups is 1. The van der Waals surface area contributed by atoms with Crippen LogP contribution in [0.2, 0.25) is 5.02 Å². The number of halogens is 1.